The second-order valence-electron chi connectivity index (χ2n) is 8.14. The Morgan fingerprint density at radius 2 is 1.50 bits per heavy atom. The van der Waals surface area contributed by atoms with Gasteiger partial charge in [-0.2, -0.15) is 0 Å². The summed E-state index contributed by atoms with van der Waals surface area (Å²) in [5.41, 5.74) is 0.496. The quantitative estimate of drug-likeness (QED) is 0.868. The summed E-state index contributed by atoms with van der Waals surface area (Å²) in [5.74, 6) is 1.44. The van der Waals surface area contributed by atoms with Gasteiger partial charge in [-0.3, -0.25) is 9.59 Å². The van der Waals surface area contributed by atoms with Gasteiger partial charge in [0, 0.05) is 29.1 Å². The minimum absolute atomic E-state index is 0.00701. The molecule has 0 aromatic heterocycles. The Balaban J connectivity index is 1.52. The summed E-state index contributed by atoms with van der Waals surface area (Å²) in [5, 5.41) is 6.01. The van der Waals surface area contributed by atoms with E-state index in [0.717, 1.165) is 25.7 Å². The van der Waals surface area contributed by atoms with Crippen molar-refractivity contribution in [3.05, 3.63) is 18.2 Å². The van der Waals surface area contributed by atoms with E-state index in [1.165, 1.54) is 0 Å². The Morgan fingerprint density at radius 3 is 2.12 bits per heavy atom. The molecule has 26 heavy (non-hydrogen) atoms. The van der Waals surface area contributed by atoms with E-state index in [9.17, 15) is 9.59 Å². The van der Waals surface area contributed by atoms with E-state index < -0.39 is 0 Å². The van der Waals surface area contributed by atoms with Crippen LogP contribution in [-0.4, -0.2) is 30.6 Å². The highest BCUT2D eigenvalue weighted by atomic mass is 16.6. The van der Waals surface area contributed by atoms with Gasteiger partial charge in [0.15, 0.2) is 11.5 Å². The van der Waals surface area contributed by atoms with Gasteiger partial charge in [0.25, 0.3) is 0 Å². The molecule has 0 unspecified atom stereocenters. The van der Waals surface area contributed by atoms with Crippen LogP contribution in [-0.2, 0) is 9.59 Å². The zero-order valence-corrected chi connectivity index (χ0v) is 15.8. The third-order valence-corrected chi connectivity index (χ3v) is 4.78. The fraction of sp³-hybridized carbons (Fsp3) is 0.600. The molecule has 2 aliphatic rings. The fourth-order valence-electron chi connectivity index (χ4n) is 3.45. The second-order valence-corrected chi connectivity index (χ2v) is 8.14. The molecule has 2 amide bonds. The van der Waals surface area contributed by atoms with Crippen LogP contribution >= 0.6 is 0 Å². The molecule has 1 saturated carbocycles. The normalized spacial score (nSPS) is 22.4. The van der Waals surface area contributed by atoms with Crippen LogP contribution in [0.2, 0.25) is 0 Å². The molecule has 0 radical (unpaired) electrons. The first-order valence-electron chi connectivity index (χ1n) is 9.34. The second kappa shape index (κ2) is 7.56. The molecule has 1 fully saturated rings. The van der Waals surface area contributed by atoms with Gasteiger partial charge in [-0.25, -0.2) is 0 Å². The molecule has 0 spiro atoms. The van der Waals surface area contributed by atoms with Gasteiger partial charge in [0.05, 0.1) is 0 Å². The van der Waals surface area contributed by atoms with E-state index in [2.05, 4.69) is 10.6 Å². The highest BCUT2D eigenvalue weighted by molar-refractivity contribution is 5.93. The van der Waals surface area contributed by atoms with Crippen LogP contribution in [0.15, 0.2) is 18.2 Å². The van der Waals surface area contributed by atoms with Gasteiger partial charge in [0.2, 0.25) is 11.8 Å². The molecule has 0 saturated heterocycles. The standard InChI is InChI=1S/C20H28N2O4/c1-20(2,3)22-19(24)14-6-4-13(5-7-14)18(23)21-15-8-9-16-17(12-15)26-11-10-25-16/h8-9,12-14H,4-7,10-11H2,1-3H3,(H,21,23)(H,22,24). The number of amides is 2. The first kappa shape index (κ1) is 18.5. The van der Waals surface area contributed by atoms with Crippen molar-refractivity contribution in [3.8, 4) is 11.5 Å². The molecule has 2 N–H and O–H groups in total. The van der Waals surface area contributed by atoms with Crippen molar-refractivity contribution in [3.63, 3.8) is 0 Å². The number of carbonyl (C=O) groups is 2. The first-order chi connectivity index (χ1) is 12.3. The highest BCUT2D eigenvalue weighted by Crippen LogP contribution is 2.34. The number of rotatable bonds is 3. The molecule has 6 nitrogen and oxygen atoms in total. The minimum Gasteiger partial charge on any atom is -0.486 e. The van der Waals surface area contributed by atoms with E-state index in [0.29, 0.717) is 30.4 Å². The van der Waals surface area contributed by atoms with Gasteiger partial charge in [-0.05, 0) is 58.6 Å². The highest BCUT2D eigenvalue weighted by Gasteiger charge is 2.31. The average molecular weight is 360 g/mol. The molecule has 0 bridgehead atoms. The topological polar surface area (TPSA) is 76.7 Å². The number of fused-ring (bicyclic) bond motifs is 1. The summed E-state index contributed by atoms with van der Waals surface area (Å²) in [7, 11) is 0. The SMILES string of the molecule is CC(C)(C)NC(=O)C1CCC(C(=O)Nc2ccc3c(c2)OCCO3)CC1. The van der Waals surface area contributed by atoms with E-state index in [-0.39, 0.29) is 29.2 Å². The Morgan fingerprint density at radius 1 is 0.923 bits per heavy atom. The number of carbonyl (C=O) groups excluding carboxylic acids is 2. The Bertz CT molecular complexity index is 673. The maximum Gasteiger partial charge on any atom is 0.227 e. The molecule has 1 aliphatic carbocycles. The smallest absolute Gasteiger partial charge is 0.227 e. The van der Waals surface area contributed by atoms with Crippen LogP contribution in [0.1, 0.15) is 46.5 Å². The Kier molecular flexibility index (Phi) is 5.39. The zero-order chi connectivity index (χ0) is 18.7. The summed E-state index contributed by atoms with van der Waals surface area (Å²) in [6.45, 7) is 7.02. The largest absolute Gasteiger partial charge is 0.486 e. The van der Waals surface area contributed by atoms with Crippen molar-refractivity contribution in [1.82, 2.24) is 5.32 Å². The van der Waals surface area contributed by atoms with Crippen molar-refractivity contribution in [2.24, 2.45) is 11.8 Å². The number of ether oxygens (including phenoxy) is 2. The lowest BCUT2D eigenvalue weighted by atomic mass is 9.81. The third-order valence-electron chi connectivity index (χ3n) is 4.78. The lowest BCUT2D eigenvalue weighted by Crippen LogP contribution is -2.45. The van der Waals surface area contributed by atoms with Gasteiger partial charge >= 0.3 is 0 Å². The molecule has 1 heterocycles. The predicted molar refractivity (Wildman–Crippen MR) is 99.4 cm³/mol. The molecule has 6 heteroatoms. The Hall–Kier alpha value is -2.24. The minimum atomic E-state index is -0.219. The van der Waals surface area contributed by atoms with Crippen molar-refractivity contribution < 1.29 is 19.1 Å². The lowest BCUT2D eigenvalue weighted by molar-refractivity contribution is -0.129. The van der Waals surface area contributed by atoms with Crippen LogP contribution in [0, 0.1) is 11.8 Å². The zero-order valence-electron chi connectivity index (χ0n) is 15.8. The molecule has 0 atom stereocenters. The predicted octanol–water partition coefficient (Wildman–Crippen LogP) is 3.12. The number of hydrogen-bond acceptors (Lipinski definition) is 4. The van der Waals surface area contributed by atoms with Gasteiger partial charge in [0.1, 0.15) is 13.2 Å². The molecular formula is C20H28N2O4. The Labute approximate surface area is 154 Å². The molecule has 1 aromatic carbocycles. The molecule has 142 valence electrons. The van der Waals surface area contributed by atoms with Crippen molar-refractivity contribution >= 4 is 17.5 Å². The lowest BCUT2D eigenvalue weighted by Gasteiger charge is -2.30. The number of nitrogens with one attached hydrogen (secondary N) is 2. The number of hydrogen-bond donors (Lipinski definition) is 2. The summed E-state index contributed by atoms with van der Waals surface area (Å²) in [6, 6.07) is 5.44. The van der Waals surface area contributed by atoms with E-state index in [4.69, 9.17) is 9.47 Å². The van der Waals surface area contributed by atoms with Crippen LogP contribution in [0.3, 0.4) is 0 Å². The van der Waals surface area contributed by atoms with Crippen LogP contribution in [0.5, 0.6) is 11.5 Å². The van der Waals surface area contributed by atoms with E-state index >= 15 is 0 Å². The maximum atomic E-state index is 12.6. The van der Waals surface area contributed by atoms with E-state index in [1.54, 1.807) is 6.07 Å². The van der Waals surface area contributed by atoms with Crippen molar-refractivity contribution in [1.29, 1.82) is 0 Å². The van der Waals surface area contributed by atoms with E-state index in [1.807, 2.05) is 32.9 Å². The molecule has 1 aliphatic heterocycles. The molecule has 3 rings (SSSR count). The van der Waals surface area contributed by atoms with Crippen molar-refractivity contribution in [2.45, 2.75) is 52.0 Å². The van der Waals surface area contributed by atoms with Gasteiger partial charge in [-0.1, -0.05) is 0 Å². The third kappa shape index (κ3) is 4.68. The molecular weight excluding hydrogens is 332 g/mol. The first-order valence-corrected chi connectivity index (χ1v) is 9.34. The van der Waals surface area contributed by atoms with Crippen LogP contribution < -0.4 is 20.1 Å². The van der Waals surface area contributed by atoms with Crippen LogP contribution in [0.25, 0.3) is 0 Å². The monoisotopic (exact) mass is 360 g/mol. The average Bonchev–Trinajstić information content (AvgIpc) is 2.60. The summed E-state index contributed by atoms with van der Waals surface area (Å²) in [4.78, 5) is 24.8. The fourth-order valence-corrected chi connectivity index (χ4v) is 3.45. The van der Waals surface area contributed by atoms with Gasteiger partial charge in [-0.15, -0.1) is 0 Å². The summed E-state index contributed by atoms with van der Waals surface area (Å²) in [6.07, 6.45) is 2.97. The molecule has 1 aromatic rings. The van der Waals surface area contributed by atoms with Crippen molar-refractivity contribution in [2.75, 3.05) is 18.5 Å². The maximum absolute atomic E-state index is 12.6. The number of anilines is 1. The van der Waals surface area contributed by atoms with Gasteiger partial charge < -0.3 is 20.1 Å². The summed E-state index contributed by atoms with van der Waals surface area (Å²) < 4.78 is 11.0. The number of benzene rings is 1. The summed E-state index contributed by atoms with van der Waals surface area (Å²) >= 11 is 0. The van der Waals surface area contributed by atoms with Crippen LogP contribution in [0.4, 0.5) is 5.69 Å².